The average molecular weight is 310 g/mol. The molecule has 2 heterocycles. The van der Waals surface area contributed by atoms with Gasteiger partial charge in [-0.3, -0.25) is 5.32 Å². The molecule has 0 radical (unpaired) electrons. The Hall–Kier alpha value is -1.17. The standard InChI is InChI=1S/C15H26N4OS/c1-11(2)19-14(9-12(3)17-19)16-15(20)18-7-5-13(6-8-18)10-21-4/h9,11,13H,5-8,10H2,1-4H3,(H,16,20). The molecule has 0 atom stereocenters. The van der Waals surface area contributed by atoms with E-state index in [0.29, 0.717) is 0 Å². The van der Waals surface area contributed by atoms with Gasteiger partial charge in [-0.15, -0.1) is 0 Å². The van der Waals surface area contributed by atoms with Gasteiger partial charge in [-0.25, -0.2) is 9.48 Å². The van der Waals surface area contributed by atoms with Gasteiger partial charge in [0.25, 0.3) is 0 Å². The van der Waals surface area contributed by atoms with E-state index in [4.69, 9.17) is 0 Å². The number of nitrogens with one attached hydrogen (secondary N) is 1. The Kier molecular flexibility index (Phi) is 5.56. The van der Waals surface area contributed by atoms with Crippen LogP contribution in [0.15, 0.2) is 6.07 Å². The van der Waals surface area contributed by atoms with Crippen molar-refractivity contribution in [2.45, 2.75) is 39.7 Å². The van der Waals surface area contributed by atoms with Crippen molar-refractivity contribution >= 4 is 23.6 Å². The van der Waals surface area contributed by atoms with Gasteiger partial charge in [0.05, 0.1) is 5.69 Å². The minimum atomic E-state index is -0.000554. The number of urea groups is 1. The summed E-state index contributed by atoms with van der Waals surface area (Å²) >= 11 is 1.90. The smallest absolute Gasteiger partial charge is 0.322 e. The third-order valence-corrected chi connectivity index (χ3v) is 4.69. The van der Waals surface area contributed by atoms with Crippen molar-refractivity contribution in [2.24, 2.45) is 5.92 Å². The predicted octanol–water partition coefficient (Wildman–Crippen LogP) is 3.38. The summed E-state index contributed by atoms with van der Waals surface area (Å²) in [5.74, 6) is 2.75. The normalized spacial score (nSPS) is 16.5. The first-order chi connectivity index (χ1) is 10.0. The molecule has 1 aliphatic heterocycles. The molecular formula is C15H26N4OS. The molecule has 0 unspecified atom stereocenters. The largest absolute Gasteiger partial charge is 0.324 e. The molecule has 6 heteroatoms. The summed E-state index contributed by atoms with van der Waals surface area (Å²) < 4.78 is 1.87. The lowest BCUT2D eigenvalue weighted by Crippen LogP contribution is -2.41. The van der Waals surface area contributed by atoms with Crippen LogP contribution in [0, 0.1) is 12.8 Å². The maximum absolute atomic E-state index is 12.4. The molecule has 1 N–H and O–H groups in total. The molecule has 1 fully saturated rings. The topological polar surface area (TPSA) is 50.2 Å². The van der Waals surface area contributed by atoms with E-state index in [9.17, 15) is 4.79 Å². The van der Waals surface area contributed by atoms with Gasteiger partial charge in [0, 0.05) is 25.2 Å². The van der Waals surface area contributed by atoms with Crippen LogP contribution < -0.4 is 5.32 Å². The van der Waals surface area contributed by atoms with Crippen LogP contribution in [0.1, 0.15) is 38.4 Å². The summed E-state index contributed by atoms with van der Waals surface area (Å²) in [6, 6.07) is 2.17. The number of thioether (sulfide) groups is 1. The van der Waals surface area contributed by atoms with Gasteiger partial charge in [-0.05, 0) is 51.5 Å². The lowest BCUT2D eigenvalue weighted by Gasteiger charge is -2.31. The van der Waals surface area contributed by atoms with Gasteiger partial charge in [-0.2, -0.15) is 16.9 Å². The van der Waals surface area contributed by atoms with Crippen LogP contribution in [0.3, 0.4) is 0 Å². The number of amides is 2. The maximum atomic E-state index is 12.4. The van der Waals surface area contributed by atoms with E-state index in [1.807, 2.05) is 34.3 Å². The summed E-state index contributed by atoms with van der Waals surface area (Å²) in [5, 5.41) is 7.44. The zero-order chi connectivity index (χ0) is 15.4. The van der Waals surface area contributed by atoms with E-state index >= 15 is 0 Å². The Bertz CT molecular complexity index is 478. The maximum Gasteiger partial charge on any atom is 0.322 e. The van der Waals surface area contributed by atoms with Gasteiger partial charge >= 0.3 is 6.03 Å². The van der Waals surface area contributed by atoms with Crippen molar-refractivity contribution in [1.29, 1.82) is 0 Å². The highest BCUT2D eigenvalue weighted by molar-refractivity contribution is 7.98. The number of carbonyl (C=O) groups is 1. The number of hydrogen-bond acceptors (Lipinski definition) is 3. The first-order valence-corrected chi connectivity index (χ1v) is 9.01. The fourth-order valence-electron chi connectivity index (χ4n) is 2.73. The fraction of sp³-hybridized carbons (Fsp3) is 0.733. The molecule has 2 rings (SSSR count). The van der Waals surface area contributed by atoms with Crippen LogP contribution in [0.4, 0.5) is 10.6 Å². The van der Waals surface area contributed by atoms with Gasteiger partial charge in [0.15, 0.2) is 0 Å². The Morgan fingerprint density at radius 3 is 2.71 bits per heavy atom. The van der Waals surface area contributed by atoms with Gasteiger partial charge in [0.2, 0.25) is 0 Å². The molecule has 118 valence electrons. The first-order valence-electron chi connectivity index (χ1n) is 7.62. The molecule has 0 bridgehead atoms. The zero-order valence-corrected chi connectivity index (χ0v) is 14.2. The zero-order valence-electron chi connectivity index (χ0n) is 13.4. The Morgan fingerprint density at radius 1 is 1.48 bits per heavy atom. The molecule has 0 saturated carbocycles. The number of aromatic nitrogens is 2. The molecule has 1 aromatic rings. The third kappa shape index (κ3) is 4.15. The second-order valence-electron chi connectivity index (χ2n) is 6.03. The van der Waals surface area contributed by atoms with E-state index in [0.717, 1.165) is 43.4 Å². The Morgan fingerprint density at radius 2 is 2.14 bits per heavy atom. The molecular weight excluding hydrogens is 284 g/mol. The number of nitrogens with zero attached hydrogens (tertiary/aromatic N) is 3. The van der Waals surface area contributed by atoms with Gasteiger partial charge in [-0.1, -0.05) is 0 Å². The summed E-state index contributed by atoms with van der Waals surface area (Å²) in [6.45, 7) is 7.78. The second kappa shape index (κ2) is 7.20. The SMILES string of the molecule is CSCC1CCN(C(=O)Nc2cc(C)nn2C(C)C)CC1. The van der Waals surface area contributed by atoms with Crippen LogP contribution in [0.5, 0.6) is 0 Å². The van der Waals surface area contributed by atoms with E-state index in [2.05, 4.69) is 30.5 Å². The Labute approximate surface area is 131 Å². The van der Waals surface area contributed by atoms with E-state index in [-0.39, 0.29) is 12.1 Å². The number of anilines is 1. The minimum Gasteiger partial charge on any atom is -0.324 e. The third-order valence-electron chi connectivity index (χ3n) is 3.89. The van der Waals surface area contributed by atoms with Crippen molar-refractivity contribution in [3.05, 3.63) is 11.8 Å². The van der Waals surface area contributed by atoms with Crippen LogP contribution in [-0.2, 0) is 0 Å². The van der Waals surface area contributed by atoms with Crippen molar-refractivity contribution in [3.63, 3.8) is 0 Å². The molecule has 1 saturated heterocycles. The van der Waals surface area contributed by atoms with E-state index < -0.39 is 0 Å². The molecule has 21 heavy (non-hydrogen) atoms. The first kappa shape index (κ1) is 16.2. The monoisotopic (exact) mass is 310 g/mol. The molecule has 1 aromatic heterocycles. The summed E-state index contributed by atoms with van der Waals surface area (Å²) in [6.07, 6.45) is 4.36. The molecule has 0 aliphatic carbocycles. The summed E-state index contributed by atoms with van der Waals surface area (Å²) in [7, 11) is 0. The number of likely N-dealkylation sites (tertiary alicyclic amines) is 1. The molecule has 2 amide bonds. The molecule has 0 spiro atoms. The van der Waals surface area contributed by atoms with Crippen molar-refractivity contribution in [3.8, 4) is 0 Å². The highest BCUT2D eigenvalue weighted by atomic mass is 32.2. The van der Waals surface area contributed by atoms with Crippen LogP contribution in [0.2, 0.25) is 0 Å². The highest BCUT2D eigenvalue weighted by Gasteiger charge is 2.23. The predicted molar refractivity (Wildman–Crippen MR) is 89.0 cm³/mol. The lowest BCUT2D eigenvalue weighted by atomic mass is 9.99. The number of piperidine rings is 1. The second-order valence-corrected chi connectivity index (χ2v) is 6.94. The lowest BCUT2D eigenvalue weighted by molar-refractivity contribution is 0.187. The summed E-state index contributed by atoms with van der Waals surface area (Å²) in [5.41, 5.74) is 0.928. The quantitative estimate of drug-likeness (QED) is 0.927. The number of hydrogen-bond donors (Lipinski definition) is 1. The number of carbonyl (C=O) groups excluding carboxylic acids is 1. The summed E-state index contributed by atoms with van der Waals surface area (Å²) in [4.78, 5) is 14.3. The molecule has 0 aromatic carbocycles. The molecule has 5 nitrogen and oxygen atoms in total. The molecule has 1 aliphatic rings. The van der Waals surface area contributed by atoms with Crippen molar-refractivity contribution in [1.82, 2.24) is 14.7 Å². The number of rotatable bonds is 4. The van der Waals surface area contributed by atoms with E-state index in [1.165, 1.54) is 5.75 Å². The van der Waals surface area contributed by atoms with Crippen LogP contribution >= 0.6 is 11.8 Å². The number of aryl methyl sites for hydroxylation is 1. The average Bonchev–Trinajstić information content (AvgIpc) is 2.81. The fourth-order valence-corrected chi connectivity index (χ4v) is 3.54. The van der Waals surface area contributed by atoms with Crippen molar-refractivity contribution in [2.75, 3.05) is 30.4 Å². The van der Waals surface area contributed by atoms with Crippen LogP contribution in [-0.4, -0.2) is 45.8 Å². The Balaban J connectivity index is 1.93. The highest BCUT2D eigenvalue weighted by Crippen LogP contribution is 2.22. The van der Waals surface area contributed by atoms with Gasteiger partial charge in [0.1, 0.15) is 5.82 Å². The van der Waals surface area contributed by atoms with Crippen LogP contribution in [0.25, 0.3) is 0 Å². The van der Waals surface area contributed by atoms with Gasteiger partial charge < -0.3 is 4.90 Å². The minimum absolute atomic E-state index is 0.000554. The van der Waals surface area contributed by atoms with E-state index in [1.54, 1.807) is 0 Å². The van der Waals surface area contributed by atoms with Crippen molar-refractivity contribution < 1.29 is 4.79 Å².